The molecule has 184 valence electrons. The summed E-state index contributed by atoms with van der Waals surface area (Å²) in [6.45, 7) is 11.5. The highest BCUT2D eigenvalue weighted by molar-refractivity contribution is 6.50. The molecule has 3 N–H and O–H groups in total. The lowest BCUT2D eigenvalue weighted by Crippen LogP contribution is -2.22. The minimum atomic E-state index is -0.444. The lowest BCUT2D eigenvalue weighted by molar-refractivity contribution is -0.122. The third-order valence-corrected chi connectivity index (χ3v) is 6.02. The molecule has 0 spiro atoms. The maximum absolute atomic E-state index is 13.1. The SMILES string of the molecule is C=C(C)N.CCCn1cc(C2=C(c3cn(C(C)=O)c4ccccc34)C(=O)NC2=O)c2ccc(C)cc21. The molecular weight excluding hydrogens is 452 g/mol. The second-order valence-electron chi connectivity index (χ2n) is 9.09. The van der Waals surface area contributed by atoms with Gasteiger partial charge >= 0.3 is 0 Å². The van der Waals surface area contributed by atoms with Crippen LogP contribution in [-0.4, -0.2) is 26.9 Å². The van der Waals surface area contributed by atoms with Crippen LogP contribution in [-0.2, 0) is 16.1 Å². The second-order valence-corrected chi connectivity index (χ2v) is 9.09. The molecule has 2 aromatic carbocycles. The van der Waals surface area contributed by atoms with E-state index in [-0.39, 0.29) is 5.91 Å². The van der Waals surface area contributed by atoms with E-state index in [1.54, 1.807) is 13.1 Å². The molecule has 0 fully saturated rings. The fourth-order valence-corrected chi connectivity index (χ4v) is 4.64. The van der Waals surface area contributed by atoms with E-state index in [1.165, 1.54) is 11.5 Å². The number of nitrogens with one attached hydrogen (secondary N) is 1. The molecule has 0 bridgehead atoms. The summed E-state index contributed by atoms with van der Waals surface area (Å²) in [4.78, 5) is 38.3. The van der Waals surface area contributed by atoms with Gasteiger partial charge in [0.15, 0.2) is 0 Å². The van der Waals surface area contributed by atoms with Gasteiger partial charge in [-0.05, 0) is 43.7 Å². The summed E-state index contributed by atoms with van der Waals surface area (Å²) in [6.07, 6.45) is 4.57. The zero-order chi connectivity index (χ0) is 26.1. The van der Waals surface area contributed by atoms with Crippen molar-refractivity contribution >= 4 is 50.7 Å². The van der Waals surface area contributed by atoms with Crippen molar-refractivity contribution in [3.8, 4) is 0 Å². The average molecular weight is 483 g/mol. The van der Waals surface area contributed by atoms with Crippen molar-refractivity contribution in [3.05, 3.63) is 83.8 Å². The minimum absolute atomic E-state index is 0.158. The molecule has 1 aliphatic heterocycles. The van der Waals surface area contributed by atoms with Crippen LogP contribution in [0.5, 0.6) is 0 Å². The Morgan fingerprint density at radius 1 is 0.944 bits per heavy atom. The molecule has 5 rings (SSSR count). The molecule has 2 aromatic heterocycles. The Kier molecular flexibility index (Phi) is 6.66. The van der Waals surface area contributed by atoms with E-state index >= 15 is 0 Å². The smallest absolute Gasteiger partial charge is 0.259 e. The fourth-order valence-electron chi connectivity index (χ4n) is 4.64. The Bertz CT molecular complexity index is 1580. The lowest BCUT2D eigenvalue weighted by atomic mass is 9.95. The number of allylic oxidation sites excluding steroid dienone is 1. The summed E-state index contributed by atoms with van der Waals surface area (Å²) < 4.78 is 3.66. The highest BCUT2D eigenvalue weighted by atomic mass is 16.2. The lowest BCUT2D eigenvalue weighted by Gasteiger charge is -2.03. The van der Waals surface area contributed by atoms with E-state index in [1.807, 2.05) is 49.5 Å². The molecule has 7 heteroatoms. The first kappa shape index (κ1) is 24.7. The van der Waals surface area contributed by atoms with Crippen molar-refractivity contribution in [1.29, 1.82) is 0 Å². The van der Waals surface area contributed by atoms with E-state index in [4.69, 9.17) is 5.73 Å². The molecular formula is C29H30N4O3. The molecule has 0 radical (unpaired) electrons. The number of fused-ring (bicyclic) bond motifs is 2. The summed E-state index contributed by atoms with van der Waals surface area (Å²) in [5.74, 6) is -1.02. The number of hydrogen-bond donors (Lipinski definition) is 2. The van der Waals surface area contributed by atoms with Crippen molar-refractivity contribution in [2.75, 3.05) is 0 Å². The normalized spacial score (nSPS) is 13.2. The zero-order valence-electron chi connectivity index (χ0n) is 21.0. The van der Waals surface area contributed by atoms with Gasteiger partial charge in [0.1, 0.15) is 0 Å². The highest BCUT2D eigenvalue weighted by Crippen LogP contribution is 2.39. The number of carbonyl (C=O) groups is 3. The molecule has 0 unspecified atom stereocenters. The third-order valence-electron chi connectivity index (χ3n) is 6.02. The third kappa shape index (κ3) is 4.35. The fraction of sp³-hybridized carbons (Fsp3) is 0.207. The van der Waals surface area contributed by atoms with E-state index < -0.39 is 11.8 Å². The quantitative estimate of drug-likeness (QED) is 0.399. The van der Waals surface area contributed by atoms with Gasteiger partial charge in [-0.3, -0.25) is 24.3 Å². The number of benzene rings is 2. The minimum Gasteiger partial charge on any atom is -0.403 e. The van der Waals surface area contributed by atoms with Crippen molar-refractivity contribution in [2.45, 2.75) is 40.7 Å². The number of imide groups is 1. The van der Waals surface area contributed by atoms with Crippen LogP contribution in [0.4, 0.5) is 0 Å². The van der Waals surface area contributed by atoms with Gasteiger partial charge in [-0.25, -0.2) is 0 Å². The van der Waals surface area contributed by atoms with E-state index in [2.05, 4.69) is 29.5 Å². The molecule has 3 heterocycles. The molecule has 0 atom stereocenters. The van der Waals surface area contributed by atoms with Crippen LogP contribution in [0.3, 0.4) is 0 Å². The van der Waals surface area contributed by atoms with Crippen LogP contribution in [0.2, 0.25) is 0 Å². The van der Waals surface area contributed by atoms with E-state index in [9.17, 15) is 14.4 Å². The van der Waals surface area contributed by atoms with Gasteiger partial charge in [0.2, 0.25) is 5.91 Å². The van der Waals surface area contributed by atoms with Crippen LogP contribution in [0.15, 0.2) is 67.1 Å². The van der Waals surface area contributed by atoms with Crippen LogP contribution in [0.25, 0.3) is 33.0 Å². The first-order chi connectivity index (χ1) is 17.1. The van der Waals surface area contributed by atoms with Crippen molar-refractivity contribution in [3.63, 3.8) is 0 Å². The Morgan fingerprint density at radius 2 is 1.53 bits per heavy atom. The number of aromatic nitrogens is 2. The van der Waals surface area contributed by atoms with Gasteiger partial charge in [0, 0.05) is 53.3 Å². The van der Waals surface area contributed by atoms with Crippen LogP contribution in [0.1, 0.15) is 48.7 Å². The summed E-state index contributed by atoms with van der Waals surface area (Å²) >= 11 is 0. The summed E-state index contributed by atoms with van der Waals surface area (Å²) in [7, 11) is 0. The first-order valence-electron chi connectivity index (χ1n) is 11.9. The molecule has 7 nitrogen and oxygen atoms in total. The predicted molar refractivity (Wildman–Crippen MR) is 144 cm³/mol. The Hall–Kier alpha value is -4.39. The molecule has 36 heavy (non-hydrogen) atoms. The number of nitrogens with two attached hydrogens (primary N) is 1. The number of amides is 2. The standard InChI is InChI=1S/C26H23N3O3.C3H7N/c1-4-11-28-13-19(18-10-9-15(2)12-22(18)28)23-24(26(32)27-25(23)31)20-14-29(16(3)30)21-8-6-5-7-17(20)21;1-3(2)4/h5-10,12-14H,4,11H2,1-3H3,(H,27,31,32);1,4H2,2H3. The number of aryl methyl sites for hydroxylation is 2. The van der Waals surface area contributed by atoms with Crippen molar-refractivity contribution in [1.82, 2.24) is 14.5 Å². The Labute approximate surface area is 209 Å². The second kappa shape index (κ2) is 9.70. The molecule has 1 aliphatic rings. The highest BCUT2D eigenvalue weighted by Gasteiger charge is 2.35. The Balaban J connectivity index is 0.000000709. The average Bonchev–Trinajstić information content (AvgIpc) is 3.44. The Morgan fingerprint density at radius 3 is 2.14 bits per heavy atom. The number of carbonyl (C=O) groups excluding carboxylic acids is 3. The zero-order valence-corrected chi connectivity index (χ0v) is 21.0. The van der Waals surface area contributed by atoms with Gasteiger partial charge in [0.05, 0.1) is 16.7 Å². The van der Waals surface area contributed by atoms with Gasteiger partial charge in [-0.2, -0.15) is 0 Å². The van der Waals surface area contributed by atoms with Gasteiger partial charge in [0.25, 0.3) is 11.8 Å². The van der Waals surface area contributed by atoms with Gasteiger partial charge in [-0.15, -0.1) is 0 Å². The number of nitrogens with zero attached hydrogens (tertiary/aromatic N) is 2. The molecule has 4 aromatic rings. The monoisotopic (exact) mass is 482 g/mol. The molecule has 0 aliphatic carbocycles. The predicted octanol–water partition coefficient (Wildman–Crippen LogP) is 5.02. The maximum atomic E-state index is 13.1. The maximum Gasteiger partial charge on any atom is 0.259 e. The van der Waals surface area contributed by atoms with Crippen molar-refractivity contribution < 1.29 is 14.4 Å². The summed E-state index contributed by atoms with van der Waals surface area (Å²) in [5, 5.41) is 4.16. The first-order valence-corrected chi connectivity index (χ1v) is 11.9. The van der Waals surface area contributed by atoms with Gasteiger partial charge in [-0.1, -0.05) is 43.8 Å². The van der Waals surface area contributed by atoms with Crippen molar-refractivity contribution in [2.24, 2.45) is 5.73 Å². The van der Waals surface area contributed by atoms with Crippen LogP contribution in [0, 0.1) is 6.92 Å². The van der Waals surface area contributed by atoms with E-state index in [0.29, 0.717) is 27.9 Å². The number of para-hydroxylation sites is 1. The largest absolute Gasteiger partial charge is 0.403 e. The molecule has 2 amide bonds. The van der Waals surface area contributed by atoms with E-state index in [0.717, 1.165) is 40.4 Å². The molecule has 0 saturated heterocycles. The van der Waals surface area contributed by atoms with Crippen LogP contribution < -0.4 is 11.1 Å². The topological polar surface area (TPSA) is 99.1 Å². The summed E-state index contributed by atoms with van der Waals surface area (Å²) in [5.41, 5.74) is 10.4. The number of hydrogen-bond acceptors (Lipinski definition) is 4. The van der Waals surface area contributed by atoms with Crippen LogP contribution >= 0.6 is 0 Å². The molecule has 0 saturated carbocycles. The van der Waals surface area contributed by atoms with Gasteiger partial charge < -0.3 is 10.3 Å². The summed E-state index contributed by atoms with van der Waals surface area (Å²) in [6, 6.07) is 13.5. The number of rotatable bonds is 4.